The lowest BCUT2D eigenvalue weighted by molar-refractivity contribution is 0.336. The molecule has 0 radical (unpaired) electrons. The van der Waals surface area contributed by atoms with Gasteiger partial charge in [0.05, 0.1) is 21.2 Å². The molecule has 0 spiro atoms. The molecule has 1 aromatic heterocycles. The van der Waals surface area contributed by atoms with Crippen molar-refractivity contribution in [2.24, 2.45) is 0 Å². The third-order valence-electron chi connectivity index (χ3n) is 2.71. The maximum Gasteiger partial charge on any atom is 0.147 e. The van der Waals surface area contributed by atoms with Gasteiger partial charge < -0.3 is 10.1 Å². The van der Waals surface area contributed by atoms with Crippen LogP contribution in [0.3, 0.4) is 0 Å². The Hall–Kier alpha value is -0.910. The van der Waals surface area contributed by atoms with Crippen molar-refractivity contribution in [3.63, 3.8) is 0 Å². The van der Waals surface area contributed by atoms with Crippen LogP contribution in [0, 0.1) is 0 Å². The number of nitrogens with zero attached hydrogens (tertiary/aromatic N) is 1. The van der Waals surface area contributed by atoms with Crippen LogP contribution in [-0.2, 0) is 13.1 Å². The first-order valence-corrected chi connectivity index (χ1v) is 8.00. The Bertz CT molecular complexity index is 538. The van der Waals surface area contributed by atoms with Gasteiger partial charge in [-0.25, -0.2) is 0 Å². The Balaban J connectivity index is 1.96. The van der Waals surface area contributed by atoms with Crippen LogP contribution in [-0.4, -0.2) is 11.6 Å². The Labute approximate surface area is 136 Å². The van der Waals surface area contributed by atoms with E-state index in [4.69, 9.17) is 4.74 Å². The molecular formula is C15H16Br2N2O. The fourth-order valence-corrected chi connectivity index (χ4v) is 3.34. The molecular weight excluding hydrogens is 384 g/mol. The van der Waals surface area contributed by atoms with Crippen LogP contribution < -0.4 is 10.1 Å². The molecule has 0 aliphatic rings. The molecule has 0 bridgehead atoms. The summed E-state index contributed by atoms with van der Waals surface area (Å²) in [7, 11) is 0. The second-order valence-corrected chi connectivity index (χ2v) is 5.95. The molecule has 3 nitrogen and oxygen atoms in total. The van der Waals surface area contributed by atoms with Crippen molar-refractivity contribution < 1.29 is 4.74 Å². The molecule has 2 rings (SSSR count). The highest BCUT2D eigenvalue weighted by atomic mass is 79.9. The molecule has 1 aromatic carbocycles. The van der Waals surface area contributed by atoms with Gasteiger partial charge in [-0.05, 0) is 68.6 Å². The molecule has 20 heavy (non-hydrogen) atoms. The lowest BCUT2D eigenvalue weighted by Crippen LogP contribution is -2.13. The van der Waals surface area contributed by atoms with E-state index in [1.54, 1.807) is 6.20 Å². The molecule has 5 heteroatoms. The van der Waals surface area contributed by atoms with Crippen LogP contribution in [0.25, 0.3) is 0 Å². The number of rotatable bonds is 6. The van der Waals surface area contributed by atoms with Crippen LogP contribution in [0.15, 0.2) is 45.5 Å². The zero-order chi connectivity index (χ0) is 14.4. The zero-order valence-electron chi connectivity index (χ0n) is 11.2. The minimum atomic E-state index is 0.647. The number of benzene rings is 1. The fourth-order valence-electron chi connectivity index (χ4n) is 1.83. The van der Waals surface area contributed by atoms with Gasteiger partial charge in [-0.1, -0.05) is 6.07 Å². The first-order chi connectivity index (χ1) is 9.70. The summed E-state index contributed by atoms with van der Waals surface area (Å²) < 4.78 is 7.49. The Kier molecular flexibility index (Phi) is 6.01. The highest BCUT2D eigenvalue weighted by molar-refractivity contribution is 9.11. The second kappa shape index (κ2) is 7.76. The molecule has 0 aliphatic carbocycles. The van der Waals surface area contributed by atoms with Crippen LogP contribution in [0.2, 0.25) is 0 Å². The molecule has 0 saturated heterocycles. The van der Waals surface area contributed by atoms with Gasteiger partial charge in [-0.3, -0.25) is 4.98 Å². The Morgan fingerprint density at radius 1 is 1.15 bits per heavy atom. The highest BCUT2D eigenvalue weighted by Gasteiger charge is 2.08. The van der Waals surface area contributed by atoms with Crippen LogP contribution in [0.4, 0.5) is 0 Å². The Morgan fingerprint density at radius 3 is 2.50 bits per heavy atom. The van der Waals surface area contributed by atoms with Gasteiger partial charge in [0.1, 0.15) is 5.75 Å². The molecule has 0 fully saturated rings. The summed E-state index contributed by atoms with van der Waals surface area (Å²) in [5.41, 5.74) is 2.22. The number of hydrogen-bond donors (Lipinski definition) is 1. The number of hydrogen-bond acceptors (Lipinski definition) is 3. The summed E-state index contributed by atoms with van der Waals surface area (Å²) in [4.78, 5) is 4.28. The number of nitrogens with one attached hydrogen (secondary N) is 1. The second-order valence-electron chi connectivity index (χ2n) is 4.25. The first-order valence-electron chi connectivity index (χ1n) is 6.42. The predicted octanol–water partition coefficient (Wildman–Crippen LogP) is 4.30. The fraction of sp³-hybridized carbons (Fsp3) is 0.267. The third kappa shape index (κ3) is 4.30. The number of pyridine rings is 1. The summed E-state index contributed by atoms with van der Waals surface area (Å²) in [6.07, 6.45) is 1.81. The molecule has 1 N–H and O–H groups in total. The van der Waals surface area contributed by atoms with Gasteiger partial charge in [0.25, 0.3) is 0 Å². The SMILES string of the molecule is CCOc1c(Br)cc(CNCc2ccccn2)cc1Br. The van der Waals surface area contributed by atoms with E-state index in [0.29, 0.717) is 6.61 Å². The van der Waals surface area contributed by atoms with Crippen molar-refractivity contribution in [3.8, 4) is 5.75 Å². The van der Waals surface area contributed by atoms with E-state index in [1.807, 2.05) is 25.1 Å². The number of ether oxygens (including phenoxy) is 1. The molecule has 106 valence electrons. The molecule has 0 amide bonds. The van der Waals surface area contributed by atoms with Gasteiger partial charge in [0, 0.05) is 19.3 Å². The van der Waals surface area contributed by atoms with Gasteiger partial charge in [-0.15, -0.1) is 0 Å². The maximum atomic E-state index is 5.57. The normalized spacial score (nSPS) is 10.6. The van der Waals surface area contributed by atoms with E-state index >= 15 is 0 Å². The summed E-state index contributed by atoms with van der Waals surface area (Å²) in [6.45, 7) is 4.15. The van der Waals surface area contributed by atoms with Crippen LogP contribution >= 0.6 is 31.9 Å². The number of aromatic nitrogens is 1. The Morgan fingerprint density at radius 2 is 1.90 bits per heavy atom. The highest BCUT2D eigenvalue weighted by Crippen LogP contribution is 2.34. The molecule has 0 unspecified atom stereocenters. The van der Waals surface area contributed by atoms with Crippen LogP contribution in [0.1, 0.15) is 18.2 Å². The smallest absolute Gasteiger partial charge is 0.147 e. The van der Waals surface area contributed by atoms with E-state index in [0.717, 1.165) is 33.5 Å². The van der Waals surface area contributed by atoms with Crippen molar-refractivity contribution in [3.05, 3.63) is 56.7 Å². The largest absolute Gasteiger partial charge is 0.492 e. The molecule has 0 aliphatic heterocycles. The quantitative estimate of drug-likeness (QED) is 0.786. The van der Waals surface area contributed by atoms with Gasteiger partial charge in [-0.2, -0.15) is 0 Å². The van der Waals surface area contributed by atoms with Crippen molar-refractivity contribution >= 4 is 31.9 Å². The predicted molar refractivity (Wildman–Crippen MR) is 87.8 cm³/mol. The van der Waals surface area contributed by atoms with E-state index in [9.17, 15) is 0 Å². The van der Waals surface area contributed by atoms with E-state index < -0.39 is 0 Å². The van der Waals surface area contributed by atoms with Crippen molar-refractivity contribution in [2.75, 3.05) is 6.61 Å². The van der Waals surface area contributed by atoms with Gasteiger partial charge in [0.15, 0.2) is 0 Å². The topological polar surface area (TPSA) is 34.1 Å². The molecule has 1 heterocycles. The summed E-state index contributed by atoms with van der Waals surface area (Å²) in [6, 6.07) is 10.1. The van der Waals surface area contributed by atoms with Gasteiger partial charge in [0.2, 0.25) is 0 Å². The molecule has 0 saturated carbocycles. The minimum absolute atomic E-state index is 0.647. The van der Waals surface area contributed by atoms with Crippen molar-refractivity contribution in [1.29, 1.82) is 0 Å². The average Bonchev–Trinajstić information content (AvgIpc) is 2.44. The van der Waals surface area contributed by atoms with Gasteiger partial charge >= 0.3 is 0 Å². The van der Waals surface area contributed by atoms with E-state index in [2.05, 4.69) is 54.3 Å². The molecule has 2 aromatic rings. The van der Waals surface area contributed by atoms with Crippen molar-refractivity contribution in [2.45, 2.75) is 20.0 Å². The summed E-state index contributed by atoms with van der Waals surface area (Å²) >= 11 is 7.08. The van der Waals surface area contributed by atoms with Crippen LogP contribution in [0.5, 0.6) is 5.75 Å². The monoisotopic (exact) mass is 398 g/mol. The standard InChI is InChI=1S/C15H16Br2N2O/c1-2-20-15-13(16)7-11(8-14(15)17)9-18-10-12-5-3-4-6-19-12/h3-8,18H,2,9-10H2,1H3. The van der Waals surface area contributed by atoms with E-state index in [1.165, 1.54) is 5.56 Å². The number of halogens is 2. The summed E-state index contributed by atoms with van der Waals surface area (Å²) in [5.74, 6) is 0.848. The molecule has 0 atom stereocenters. The van der Waals surface area contributed by atoms with E-state index in [-0.39, 0.29) is 0 Å². The zero-order valence-corrected chi connectivity index (χ0v) is 14.4. The minimum Gasteiger partial charge on any atom is -0.492 e. The van der Waals surface area contributed by atoms with Crippen molar-refractivity contribution in [1.82, 2.24) is 10.3 Å². The summed E-state index contributed by atoms with van der Waals surface area (Å²) in [5, 5.41) is 3.38. The first kappa shape index (κ1) is 15.5. The lowest BCUT2D eigenvalue weighted by Gasteiger charge is -2.11. The average molecular weight is 400 g/mol. The maximum absolute atomic E-state index is 5.57. The third-order valence-corrected chi connectivity index (χ3v) is 3.89. The lowest BCUT2D eigenvalue weighted by atomic mass is 10.2.